The number of amidine groups is 1. The minimum absolute atomic E-state index is 0.527. The van der Waals surface area contributed by atoms with Crippen molar-refractivity contribution >= 4 is 5.84 Å². The number of aryl methyl sites for hydroxylation is 1. The van der Waals surface area contributed by atoms with Crippen LogP contribution in [0.1, 0.15) is 31.2 Å². The molecule has 14 heavy (non-hydrogen) atoms. The molecular weight excluding hydrogens is 176 g/mol. The van der Waals surface area contributed by atoms with Crippen LogP contribution < -0.4 is 5.73 Å². The summed E-state index contributed by atoms with van der Waals surface area (Å²) in [5.74, 6) is 0.690. The van der Waals surface area contributed by atoms with Gasteiger partial charge in [0.25, 0.3) is 0 Å². The van der Waals surface area contributed by atoms with Gasteiger partial charge in [0.2, 0.25) is 0 Å². The first-order chi connectivity index (χ1) is 6.72. The van der Waals surface area contributed by atoms with Crippen LogP contribution >= 0.6 is 0 Å². The van der Waals surface area contributed by atoms with E-state index in [4.69, 9.17) is 5.73 Å². The molecule has 1 aromatic rings. The standard InChI is InChI=1S/C10H16N4/c1-3-4-10(11)14-7-9-6-12-8(2)5-13-9/h5-6H,3-4,7H2,1-2H3,(H2,11,14). The second-order valence-corrected chi connectivity index (χ2v) is 3.21. The molecule has 76 valence electrons. The lowest BCUT2D eigenvalue weighted by molar-refractivity contribution is 0.917. The molecule has 0 aromatic carbocycles. The van der Waals surface area contributed by atoms with Crippen molar-refractivity contribution in [1.29, 1.82) is 0 Å². The first-order valence-corrected chi connectivity index (χ1v) is 4.78. The van der Waals surface area contributed by atoms with Gasteiger partial charge in [0, 0.05) is 12.6 Å². The lowest BCUT2D eigenvalue weighted by Gasteiger charge is -1.98. The number of rotatable bonds is 4. The second kappa shape index (κ2) is 5.32. The van der Waals surface area contributed by atoms with Gasteiger partial charge in [-0.25, -0.2) is 0 Å². The van der Waals surface area contributed by atoms with Gasteiger partial charge in [-0.2, -0.15) is 0 Å². The van der Waals surface area contributed by atoms with E-state index in [-0.39, 0.29) is 0 Å². The highest BCUT2D eigenvalue weighted by atomic mass is 14.9. The molecule has 2 N–H and O–H groups in total. The Kier molecular flexibility index (Phi) is 4.04. The molecule has 1 rings (SSSR count). The summed E-state index contributed by atoms with van der Waals surface area (Å²) in [7, 11) is 0. The topological polar surface area (TPSA) is 64.2 Å². The van der Waals surface area contributed by atoms with Crippen molar-refractivity contribution in [3.8, 4) is 0 Å². The molecule has 0 saturated carbocycles. The highest BCUT2D eigenvalue weighted by Gasteiger charge is 1.94. The van der Waals surface area contributed by atoms with Crippen LogP contribution in [0.3, 0.4) is 0 Å². The van der Waals surface area contributed by atoms with Gasteiger partial charge < -0.3 is 5.73 Å². The Balaban J connectivity index is 2.53. The monoisotopic (exact) mass is 192 g/mol. The number of nitrogens with zero attached hydrogens (tertiary/aromatic N) is 3. The molecule has 0 fully saturated rings. The molecule has 1 aromatic heterocycles. The fraction of sp³-hybridized carbons (Fsp3) is 0.500. The molecule has 4 heteroatoms. The third kappa shape index (κ3) is 3.51. The molecule has 0 aliphatic heterocycles. The number of hydrogen-bond acceptors (Lipinski definition) is 3. The van der Waals surface area contributed by atoms with Crippen LogP contribution in [-0.2, 0) is 6.54 Å². The van der Waals surface area contributed by atoms with Crippen LogP contribution in [0.4, 0.5) is 0 Å². The summed E-state index contributed by atoms with van der Waals surface area (Å²) in [6.45, 7) is 4.51. The second-order valence-electron chi connectivity index (χ2n) is 3.21. The van der Waals surface area contributed by atoms with Crippen LogP contribution in [0.5, 0.6) is 0 Å². The molecule has 0 radical (unpaired) electrons. The van der Waals surface area contributed by atoms with Crippen LogP contribution in [0.25, 0.3) is 0 Å². The van der Waals surface area contributed by atoms with Gasteiger partial charge in [-0.1, -0.05) is 6.92 Å². The fourth-order valence-electron chi connectivity index (χ4n) is 1.02. The predicted octanol–water partition coefficient (Wildman–Crippen LogP) is 1.44. The Hall–Kier alpha value is -1.45. The average molecular weight is 192 g/mol. The van der Waals surface area contributed by atoms with Crippen LogP contribution in [-0.4, -0.2) is 15.8 Å². The van der Waals surface area contributed by atoms with E-state index in [0.717, 1.165) is 24.2 Å². The maximum atomic E-state index is 5.66. The maximum Gasteiger partial charge on any atom is 0.0941 e. The summed E-state index contributed by atoms with van der Waals surface area (Å²) in [5.41, 5.74) is 7.44. The normalized spacial score (nSPS) is 11.7. The summed E-state index contributed by atoms with van der Waals surface area (Å²) >= 11 is 0. The molecule has 0 atom stereocenters. The summed E-state index contributed by atoms with van der Waals surface area (Å²) < 4.78 is 0. The third-order valence-corrected chi connectivity index (χ3v) is 1.78. The van der Waals surface area contributed by atoms with Crippen molar-refractivity contribution < 1.29 is 0 Å². The zero-order chi connectivity index (χ0) is 10.4. The molecule has 0 bridgehead atoms. The third-order valence-electron chi connectivity index (χ3n) is 1.78. The molecular formula is C10H16N4. The minimum Gasteiger partial charge on any atom is -0.387 e. The molecule has 1 heterocycles. The minimum atomic E-state index is 0.527. The molecule has 0 aliphatic carbocycles. The van der Waals surface area contributed by atoms with Gasteiger partial charge in [0.15, 0.2) is 0 Å². The Labute approximate surface area is 84.3 Å². The van der Waals surface area contributed by atoms with E-state index in [1.54, 1.807) is 12.4 Å². The largest absolute Gasteiger partial charge is 0.387 e. The van der Waals surface area contributed by atoms with Crippen molar-refractivity contribution in [2.75, 3.05) is 0 Å². The average Bonchev–Trinajstić information content (AvgIpc) is 2.17. The Bertz CT molecular complexity index is 302. The van der Waals surface area contributed by atoms with Gasteiger partial charge in [-0.15, -0.1) is 0 Å². The first-order valence-electron chi connectivity index (χ1n) is 4.78. The van der Waals surface area contributed by atoms with E-state index in [2.05, 4.69) is 21.9 Å². The Morgan fingerprint density at radius 2 is 2.21 bits per heavy atom. The van der Waals surface area contributed by atoms with E-state index in [0.29, 0.717) is 12.4 Å². The van der Waals surface area contributed by atoms with E-state index in [9.17, 15) is 0 Å². The molecule has 0 spiro atoms. The molecule has 0 amide bonds. The SMILES string of the molecule is CCCC(N)=NCc1cnc(C)cn1. The maximum absolute atomic E-state index is 5.66. The summed E-state index contributed by atoms with van der Waals surface area (Å²) in [6, 6.07) is 0. The fourth-order valence-corrected chi connectivity index (χ4v) is 1.02. The lowest BCUT2D eigenvalue weighted by atomic mass is 10.3. The van der Waals surface area contributed by atoms with E-state index < -0.39 is 0 Å². The summed E-state index contributed by atoms with van der Waals surface area (Å²) in [6.07, 6.45) is 5.34. The van der Waals surface area contributed by atoms with Crippen LogP contribution in [0, 0.1) is 6.92 Å². The zero-order valence-electron chi connectivity index (χ0n) is 8.70. The first kappa shape index (κ1) is 10.6. The van der Waals surface area contributed by atoms with Crippen LogP contribution in [0.2, 0.25) is 0 Å². The molecule has 0 saturated heterocycles. The van der Waals surface area contributed by atoms with Crippen molar-refractivity contribution in [3.05, 3.63) is 23.8 Å². The molecule has 0 unspecified atom stereocenters. The van der Waals surface area contributed by atoms with Gasteiger partial charge >= 0.3 is 0 Å². The van der Waals surface area contributed by atoms with Crippen molar-refractivity contribution in [3.63, 3.8) is 0 Å². The lowest BCUT2D eigenvalue weighted by Crippen LogP contribution is -2.11. The van der Waals surface area contributed by atoms with E-state index in [1.807, 2.05) is 6.92 Å². The zero-order valence-corrected chi connectivity index (χ0v) is 8.70. The Morgan fingerprint density at radius 1 is 1.43 bits per heavy atom. The predicted molar refractivity (Wildman–Crippen MR) is 57.0 cm³/mol. The van der Waals surface area contributed by atoms with Gasteiger partial charge in [0.1, 0.15) is 0 Å². The van der Waals surface area contributed by atoms with Crippen molar-refractivity contribution in [1.82, 2.24) is 9.97 Å². The van der Waals surface area contributed by atoms with E-state index >= 15 is 0 Å². The highest BCUT2D eigenvalue weighted by molar-refractivity contribution is 5.80. The molecule has 4 nitrogen and oxygen atoms in total. The van der Waals surface area contributed by atoms with Crippen molar-refractivity contribution in [2.24, 2.45) is 10.7 Å². The smallest absolute Gasteiger partial charge is 0.0941 e. The number of aromatic nitrogens is 2. The summed E-state index contributed by atoms with van der Waals surface area (Å²) in [5, 5.41) is 0. The van der Waals surface area contributed by atoms with Crippen molar-refractivity contribution in [2.45, 2.75) is 33.2 Å². The number of nitrogens with two attached hydrogens (primary N) is 1. The summed E-state index contributed by atoms with van der Waals surface area (Å²) in [4.78, 5) is 12.5. The van der Waals surface area contributed by atoms with Gasteiger partial charge in [0.05, 0.1) is 30.0 Å². The quantitative estimate of drug-likeness (QED) is 0.580. The van der Waals surface area contributed by atoms with Gasteiger partial charge in [-0.3, -0.25) is 15.0 Å². The number of hydrogen-bond donors (Lipinski definition) is 1. The molecule has 0 aliphatic rings. The van der Waals surface area contributed by atoms with E-state index in [1.165, 1.54) is 0 Å². The van der Waals surface area contributed by atoms with Crippen LogP contribution in [0.15, 0.2) is 17.4 Å². The number of aliphatic imine (C=N–C) groups is 1. The van der Waals surface area contributed by atoms with Gasteiger partial charge in [-0.05, 0) is 13.3 Å². The highest BCUT2D eigenvalue weighted by Crippen LogP contribution is 1.97. The Morgan fingerprint density at radius 3 is 2.79 bits per heavy atom.